The molecule has 1 heterocycles. The van der Waals surface area contributed by atoms with E-state index in [1.54, 1.807) is 11.9 Å². The van der Waals surface area contributed by atoms with Crippen molar-refractivity contribution in [3.8, 4) is 0 Å². The molecule has 0 fully saturated rings. The Hall–Kier alpha value is -1.09. The minimum absolute atomic E-state index is 1.18. The molecule has 0 radical (unpaired) electrons. The van der Waals surface area contributed by atoms with E-state index in [2.05, 4.69) is 47.9 Å². The molecule has 3 heteroatoms. The number of hydrogen-bond acceptors (Lipinski definition) is 2. The summed E-state index contributed by atoms with van der Waals surface area (Å²) in [6, 6.07) is 6.48. The molecule has 2 rings (SSSR count). The third kappa shape index (κ3) is 3.19. The van der Waals surface area contributed by atoms with Gasteiger partial charge in [-0.15, -0.1) is 0 Å². The van der Waals surface area contributed by atoms with Crippen molar-refractivity contribution in [1.82, 2.24) is 4.98 Å². The zero-order chi connectivity index (χ0) is 12.1. The lowest BCUT2D eigenvalue weighted by atomic mass is 10.2. The Morgan fingerprint density at radius 3 is 3.00 bits per heavy atom. The van der Waals surface area contributed by atoms with E-state index in [0.29, 0.717) is 0 Å². The number of aromatic amines is 1. The molecule has 2 aromatic rings. The van der Waals surface area contributed by atoms with Crippen molar-refractivity contribution in [3.05, 3.63) is 30.0 Å². The molecule has 0 amide bonds. The fourth-order valence-electron chi connectivity index (χ4n) is 1.88. The number of H-pyrrole nitrogens is 1. The van der Waals surface area contributed by atoms with Crippen LogP contribution in [0.15, 0.2) is 24.4 Å². The molecule has 2 N–H and O–H groups in total. The van der Waals surface area contributed by atoms with Crippen molar-refractivity contribution in [1.29, 1.82) is 0 Å². The zero-order valence-electron chi connectivity index (χ0n) is 10.5. The van der Waals surface area contributed by atoms with Gasteiger partial charge in [0.1, 0.15) is 0 Å². The molecule has 0 bridgehead atoms. The summed E-state index contributed by atoms with van der Waals surface area (Å²) in [7, 11) is 0. The van der Waals surface area contributed by atoms with Crippen LogP contribution in [0.2, 0.25) is 0 Å². The predicted octanol–water partition coefficient (Wildman–Crippen LogP) is 4.73. The lowest BCUT2D eigenvalue weighted by Crippen LogP contribution is -1.89. The number of fused-ring (bicyclic) bond motifs is 1. The van der Waals surface area contributed by atoms with Crippen molar-refractivity contribution < 1.29 is 0 Å². The molecule has 1 aromatic heterocycles. The lowest BCUT2D eigenvalue weighted by Gasteiger charge is -2.05. The summed E-state index contributed by atoms with van der Waals surface area (Å²) >= 11 is 1.80. The highest BCUT2D eigenvalue weighted by molar-refractivity contribution is 8.00. The summed E-state index contributed by atoms with van der Waals surface area (Å²) < 4.78 is 3.42. The van der Waals surface area contributed by atoms with Crippen LogP contribution in [0, 0.1) is 6.92 Å². The molecule has 0 saturated carbocycles. The quantitative estimate of drug-likeness (QED) is 0.571. The molecule has 0 aliphatic rings. The highest BCUT2D eigenvalue weighted by Crippen LogP contribution is 2.23. The lowest BCUT2D eigenvalue weighted by molar-refractivity contribution is 0.779. The summed E-state index contributed by atoms with van der Waals surface area (Å²) in [5.41, 5.74) is 3.71. The number of benzene rings is 1. The van der Waals surface area contributed by atoms with Crippen LogP contribution >= 0.6 is 11.9 Å². The Labute approximate surface area is 107 Å². The first-order chi connectivity index (χ1) is 8.31. The average molecular weight is 248 g/mol. The Morgan fingerprint density at radius 2 is 2.18 bits per heavy atom. The van der Waals surface area contributed by atoms with Gasteiger partial charge in [-0.2, -0.15) is 0 Å². The highest BCUT2D eigenvalue weighted by atomic mass is 32.2. The predicted molar refractivity (Wildman–Crippen MR) is 78.6 cm³/mol. The summed E-state index contributed by atoms with van der Waals surface area (Å²) in [5.74, 6) is 1.18. The van der Waals surface area contributed by atoms with Gasteiger partial charge in [-0.25, -0.2) is 0 Å². The van der Waals surface area contributed by atoms with Gasteiger partial charge in [0.25, 0.3) is 0 Å². The molecule has 17 heavy (non-hydrogen) atoms. The maximum atomic E-state index is 3.42. The van der Waals surface area contributed by atoms with E-state index in [0.717, 1.165) is 0 Å². The SMILES string of the molecule is CCCCCSNc1ccc2[nH]cc(C)c2c1. The van der Waals surface area contributed by atoms with Crippen molar-refractivity contribution >= 4 is 28.5 Å². The number of aryl methyl sites for hydroxylation is 1. The third-order valence-corrected chi connectivity index (χ3v) is 3.80. The highest BCUT2D eigenvalue weighted by Gasteiger charge is 2.00. The van der Waals surface area contributed by atoms with Crippen LogP contribution < -0.4 is 4.72 Å². The second kappa shape index (κ2) is 6.01. The van der Waals surface area contributed by atoms with Gasteiger partial charge in [-0.05, 0) is 37.1 Å². The van der Waals surface area contributed by atoms with Gasteiger partial charge in [-0.1, -0.05) is 31.7 Å². The summed E-state index contributed by atoms with van der Waals surface area (Å²) in [6.07, 6.45) is 5.96. The molecule has 0 aliphatic carbocycles. The van der Waals surface area contributed by atoms with Crippen LogP contribution in [0.3, 0.4) is 0 Å². The number of unbranched alkanes of at least 4 members (excludes halogenated alkanes) is 2. The number of aromatic nitrogens is 1. The number of nitrogens with one attached hydrogen (secondary N) is 2. The van der Waals surface area contributed by atoms with Gasteiger partial charge < -0.3 is 9.71 Å². The maximum absolute atomic E-state index is 3.42. The molecule has 0 spiro atoms. The van der Waals surface area contributed by atoms with E-state index >= 15 is 0 Å². The number of hydrogen-bond donors (Lipinski definition) is 2. The van der Waals surface area contributed by atoms with E-state index in [1.807, 2.05) is 0 Å². The standard InChI is InChI=1S/C14H20N2S/c1-3-4-5-8-17-16-12-6-7-14-13(9-12)11(2)10-15-14/h6-7,9-10,15-16H,3-5,8H2,1-2H3. The monoisotopic (exact) mass is 248 g/mol. The molecule has 1 aromatic carbocycles. The van der Waals surface area contributed by atoms with Crippen LogP contribution in [0.1, 0.15) is 31.7 Å². The van der Waals surface area contributed by atoms with E-state index in [1.165, 1.54) is 47.2 Å². The van der Waals surface area contributed by atoms with Crippen molar-refractivity contribution in [2.24, 2.45) is 0 Å². The van der Waals surface area contributed by atoms with Gasteiger partial charge >= 0.3 is 0 Å². The minimum atomic E-state index is 1.18. The van der Waals surface area contributed by atoms with E-state index in [4.69, 9.17) is 0 Å². The van der Waals surface area contributed by atoms with Gasteiger partial charge in [0.05, 0.1) is 0 Å². The van der Waals surface area contributed by atoms with Crippen LogP contribution in [0.25, 0.3) is 10.9 Å². The van der Waals surface area contributed by atoms with Crippen LogP contribution in [-0.4, -0.2) is 10.7 Å². The van der Waals surface area contributed by atoms with Gasteiger partial charge in [0.15, 0.2) is 0 Å². The van der Waals surface area contributed by atoms with Gasteiger partial charge in [0.2, 0.25) is 0 Å². The molecule has 0 unspecified atom stereocenters. The fourth-order valence-corrected chi connectivity index (χ4v) is 2.63. The van der Waals surface area contributed by atoms with Crippen LogP contribution in [-0.2, 0) is 0 Å². The average Bonchev–Trinajstić information content (AvgIpc) is 2.71. The Kier molecular flexibility index (Phi) is 4.37. The zero-order valence-corrected chi connectivity index (χ0v) is 11.4. The number of rotatable bonds is 6. The topological polar surface area (TPSA) is 27.8 Å². The fraction of sp³-hybridized carbons (Fsp3) is 0.429. The first-order valence-corrected chi connectivity index (χ1v) is 7.25. The maximum Gasteiger partial charge on any atom is 0.0458 e. The van der Waals surface area contributed by atoms with Crippen LogP contribution in [0.5, 0.6) is 0 Å². The molecule has 0 atom stereocenters. The second-order valence-corrected chi connectivity index (χ2v) is 5.29. The first kappa shape index (κ1) is 12.4. The molecule has 0 aliphatic heterocycles. The summed E-state index contributed by atoms with van der Waals surface area (Å²) in [5, 5.41) is 1.31. The molecular weight excluding hydrogens is 228 g/mol. The molecule has 92 valence electrons. The number of anilines is 1. The molecule has 0 saturated heterocycles. The van der Waals surface area contributed by atoms with E-state index in [9.17, 15) is 0 Å². The molecule has 2 nitrogen and oxygen atoms in total. The first-order valence-electron chi connectivity index (χ1n) is 6.27. The van der Waals surface area contributed by atoms with Gasteiger partial charge in [0, 0.05) is 28.5 Å². The van der Waals surface area contributed by atoms with Crippen molar-refractivity contribution in [3.63, 3.8) is 0 Å². The Morgan fingerprint density at radius 1 is 1.29 bits per heavy atom. The van der Waals surface area contributed by atoms with Crippen molar-refractivity contribution in [2.75, 3.05) is 10.5 Å². The summed E-state index contributed by atoms with van der Waals surface area (Å²) in [4.78, 5) is 3.26. The Balaban J connectivity index is 1.92. The third-order valence-electron chi connectivity index (χ3n) is 2.93. The minimum Gasteiger partial charge on any atom is -0.361 e. The van der Waals surface area contributed by atoms with E-state index < -0.39 is 0 Å². The largest absolute Gasteiger partial charge is 0.361 e. The Bertz CT molecular complexity index is 476. The van der Waals surface area contributed by atoms with Crippen LogP contribution in [0.4, 0.5) is 5.69 Å². The van der Waals surface area contributed by atoms with E-state index in [-0.39, 0.29) is 0 Å². The van der Waals surface area contributed by atoms with Crippen molar-refractivity contribution in [2.45, 2.75) is 33.1 Å². The normalized spacial score (nSPS) is 10.9. The molecular formula is C14H20N2S. The second-order valence-electron chi connectivity index (χ2n) is 4.39. The summed E-state index contributed by atoms with van der Waals surface area (Å²) in [6.45, 7) is 4.37. The smallest absolute Gasteiger partial charge is 0.0458 e. The van der Waals surface area contributed by atoms with Gasteiger partial charge in [-0.3, -0.25) is 0 Å².